The van der Waals surface area contributed by atoms with Gasteiger partial charge in [-0.2, -0.15) is 0 Å². The van der Waals surface area contributed by atoms with E-state index in [-0.39, 0.29) is 5.92 Å². The van der Waals surface area contributed by atoms with E-state index < -0.39 is 29.2 Å². The SMILES string of the molecule is CON(C)C(=O)[C@]12O[C@H]1[C@@](OC)(C(C)C)NC2=O. The first-order valence-corrected chi connectivity index (χ1v) is 5.74. The number of hydrogen-bond acceptors (Lipinski definition) is 5. The van der Waals surface area contributed by atoms with E-state index >= 15 is 0 Å². The van der Waals surface area contributed by atoms with Gasteiger partial charge in [0.1, 0.15) is 0 Å². The molecule has 2 rings (SSSR count). The van der Waals surface area contributed by atoms with Crippen molar-refractivity contribution in [3.8, 4) is 0 Å². The topological polar surface area (TPSA) is 80.4 Å². The van der Waals surface area contributed by atoms with Crippen molar-refractivity contribution >= 4 is 11.8 Å². The number of nitrogens with one attached hydrogen (secondary N) is 1. The van der Waals surface area contributed by atoms with Crippen molar-refractivity contribution in [1.29, 1.82) is 0 Å². The Bertz CT molecular complexity index is 399. The van der Waals surface area contributed by atoms with Gasteiger partial charge >= 0.3 is 0 Å². The molecule has 2 heterocycles. The number of methoxy groups -OCH3 is 1. The summed E-state index contributed by atoms with van der Waals surface area (Å²) in [6, 6.07) is 0. The molecular formula is C11H18N2O5. The Labute approximate surface area is 105 Å². The Morgan fingerprint density at radius 3 is 2.44 bits per heavy atom. The standard InChI is InChI=1S/C11H18N2O5/c1-6(2)11(16-4)7-10(18-7,8(14)12-11)9(15)13(3)17-5/h6-7H,1-5H3,(H,12,14)/t7-,10+,11+/m1/s1. The summed E-state index contributed by atoms with van der Waals surface area (Å²) in [5, 5.41) is 3.72. The van der Waals surface area contributed by atoms with Crippen molar-refractivity contribution in [3.05, 3.63) is 0 Å². The van der Waals surface area contributed by atoms with E-state index in [0.717, 1.165) is 5.06 Å². The minimum absolute atomic E-state index is 0.0264. The molecule has 0 aliphatic carbocycles. The molecule has 0 bridgehead atoms. The molecule has 3 atom stereocenters. The molecule has 2 aliphatic heterocycles. The highest BCUT2D eigenvalue weighted by molar-refractivity contribution is 6.14. The van der Waals surface area contributed by atoms with Crippen molar-refractivity contribution in [3.63, 3.8) is 0 Å². The molecule has 7 heteroatoms. The third-order valence-corrected chi connectivity index (χ3v) is 3.72. The Morgan fingerprint density at radius 2 is 2.11 bits per heavy atom. The number of epoxide rings is 1. The van der Waals surface area contributed by atoms with Crippen molar-refractivity contribution < 1.29 is 23.9 Å². The molecular weight excluding hydrogens is 240 g/mol. The zero-order chi connectivity index (χ0) is 13.7. The molecule has 1 N–H and O–H groups in total. The van der Waals surface area contributed by atoms with Gasteiger partial charge in [0, 0.05) is 20.1 Å². The largest absolute Gasteiger partial charge is 0.356 e. The zero-order valence-corrected chi connectivity index (χ0v) is 11.1. The lowest BCUT2D eigenvalue weighted by Crippen LogP contribution is -2.53. The summed E-state index contributed by atoms with van der Waals surface area (Å²) in [5.74, 6) is -1.02. The molecule has 0 unspecified atom stereocenters. The van der Waals surface area contributed by atoms with Gasteiger partial charge in [0.2, 0.25) is 0 Å². The summed E-state index contributed by atoms with van der Waals surface area (Å²) in [7, 11) is 4.28. The molecule has 2 aliphatic rings. The molecule has 0 spiro atoms. The molecule has 0 saturated carbocycles. The lowest BCUT2D eigenvalue weighted by Gasteiger charge is -2.32. The fraction of sp³-hybridized carbons (Fsp3) is 0.818. The van der Waals surface area contributed by atoms with E-state index in [4.69, 9.17) is 14.3 Å². The number of rotatable bonds is 4. The van der Waals surface area contributed by atoms with Crippen LogP contribution in [-0.2, 0) is 23.9 Å². The van der Waals surface area contributed by atoms with Crippen LogP contribution in [0.3, 0.4) is 0 Å². The minimum Gasteiger partial charge on any atom is -0.356 e. The summed E-state index contributed by atoms with van der Waals surface area (Å²) in [5.41, 5.74) is -2.45. The van der Waals surface area contributed by atoms with Crippen molar-refractivity contribution in [2.75, 3.05) is 21.3 Å². The summed E-state index contributed by atoms with van der Waals surface area (Å²) in [6.45, 7) is 3.79. The molecule has 0 radical (unpaired) electrons. The zero-order valence-electron chi connectivity index (χ0n) is 11.1. The highest BCUT2D eigenvalue weighted by Crippen LogP contribution is 2.52. The van der Waals surface area contributed by atoms with Crippen molar-refractivity contribution in [2.24, 2.45) is 5.92 Å². The molecule has 2 amide bonds. The quantitative estimate of drug-likeness (QED) is 0.408. The highest BCUT2D eigenvalue weighted by Gasteiger charge is 2.82. The van der Waals surface area contributed by atoms with Gasteiger partial charge in [-0.1, -0.05) is 13.8 Å². The van der Waals surface area contributed by atoms with Crippen LogP contribution in [0.5, 0.6) is 0 Å². The number of morpholine rings is 1. The van der Waals surface area contributed by atoms with Crippen LogP contribution in [0.15, 0.2) is 0 Å². The van der Waals surface area contributed by atoms with Gasteiger partial charge in [-0.25, -0.2) is 5.06 Å². The van der Waals surface area contributed by atoms with Crippen LogP contribution in [-0.4, -0.2) is 55.6 Å². The van der Waals surface area contributed by atoms with E-state index in [2.05, 4.69) is 5.32 Å². The maximum Gasteiger partial charge on any atom is 0.290 e. The van der Waals surface area contributed by atoms with Crippen LogP contribution < -0.4 is 5.32 Å². The van der Waals surface area contributed by atoms with Gasteiger partial charge in [-0.3, -0.25) is 14.4 Å². The lowest BCUT2D eigenvalue weighted by molar-refractivity contribution is -0.176. The number of nitrogens with zero attached hydrogens (tertiary/aromatic N) is 1. The number of amides is 2. The molecule has 0 aromatic rings. The van der Waals surface area contributed by atoms with E-state index in [9.17, 15) is 9.59 Å². The second kappa shape index (κ2) is 3.91. The maximum atomic E-state index is 12.1. The first-order chi connectivity index (χ1) is 8.36. The normalized spacial score (nSPS) is 37.4. The monoisotopic (exact) mass is 258 g/mol. The first-order valence-electron chi connectivity index (χ1n) is 5.74. The molecule has 18 heavy (non-hydrogen) atoms. The minimum atomic E-state index is -1.49. The predicted molar refractivity (Wildman–Crippen MR) is 60.1 cm³/mol. The average molecular weight is 258 g/mol. The molecule has 2 fully saturated rings. The second-order valence-electron chi connectivity index (χ2n) is 4.82. The fourth-order valence-electron chi connectivity index (χ4n) is 2.47. The number of carbonyl (C=O) groups is 2. The number of ether oxygens (including phenoxy) is 2. The summed E-state index contributed by atoms with van der Waals surface area (Å²) >= 11 is 0. The van der Waals surface area contributed by atoms with Crippen LogP contribution in [0.1, 0.15) is 13.8 Å². The third kappa shape index (κ3) is 1.35. The number of hydrogen-bond donors (Lipinski definition) is 1. The highest BCUT2D eigenvalue weighted by atomic mass is 16.7. The predicted octanol–water partition coefficient (Wildman–Crippen LogP) is -0.728. The third-order valence-electron chi connectivity index (χ3n) is 3.72. The fourth-order valence-corrected chi connectivity index (χ4v) is 2.47. The molecule has 7 nitrogen and oxygen atoms in total. The lowest BCUT2D eigenvalue weighted by atomic mass is 9.93. The second-order valence-corrected chi connectivity index (χ2v) is 4.82. The van der Waals surface area contributed by atoms with Crippen LogP contribution >= 0.6 is 0 Å². The van der Waals surface area contributed by atoms with Gasteiger partial charge in [0.05, 0.1) is 7.11 Å². The Hall–Kier alpha value is -1.18. The Morgan fingerprint density at radius 1 is 1.50 bits per heavy atom. The van der Waals surface area contributed by atoms with Gasteiger partial charge in [-0.15, -0.1) is 0 Å². The van der Waals surface area contributed by atoms with Gasteiger partial charge in [0.15, 0.2) is 11.8 Å². The number of likely N-dealkylation sites (N-methyl/N-ethyl adjacent to an activating group) is 1. The summed E-state index contributed by atoms with van der Waals surface area (Å²) in [6.07, 6.45) is -0.618. The number of carbonyl (C=O) groups excluding carboxylic acids is 2. The van der Waals surface area contributed by atoms with Crippen LogP contribution in [0, 0.1) is 5.92 Å². The van der Waals surface area contributed by atoms with E-state index in [1.54, 1.807) is 0 Å². The summed E-state index contributed by atoms with van der Waals surface area (Å²) in [4.78, 5) is 29.0. The first kappa shape index (κ1) is 13.3. The molecule has 2 saturated heterocycles. The molecule has 0 aromatic carbocycles. The molecule has 102 valence electrons. The van der Waals surface area contributed by atoms with Gasteiger partial charge in [-0.05, 0) is 0 Å². The van der Waals surface area contributed by atoms with Gasteiger partial charge in [0.25, 0.3) is 17.4 Å². The average Bonchev–Trinajstić information content (AvgIpc) is 3.05. The summed E-state index contributed by atoms with van der Waals surface area (Å²) < 4.78 is 10.8. The van der Waals surface area contributed by atoms with E-state index in [1.807, 2.05) is 13.8 Å². The number of hydroxylamine groups is 2. The van der Waals surface area contributed by atoms with Crippen molar-refractivity contribution in [2.45, 2.75) is 31.3 Å². The Balaban J connectivity index is 2.31. The van der Waals surface area contributed by atoms with Crippen LogP contribution in [0.2, 0.25) is 0 Å². The van der Waals surface area contributed by atoms with E-state index in [1.165, 1.54) is 21.3 Å². The maximum absolute atomic E-state index is 12.1. The number of fused-ring (bicyclic) bond motifs is 1. The molecule has 0 aromatic heterocycles. The Kier molecular flexibility index (Phi) is 2.88. The van der Waals surface area contributed by atoms with Crippen molar-refractivity contribution in [1.82, 2.24) is 10.4 Å². The van der Waals surface area contributed by atoms with Gasteiger partial charge < -0.3 is 14.8 Å². The van der Waals surface area contributed by atoms with E-state index in [0.29, 0.717) is 0 Å². The smallest absolute Gasteiger partial charge is 0.290 e. The van der Waals surface area contributed by atoms with Crippen LogP contribution in [0.4, 0.5) is 0 Å². The van der Waals surface area contributed by atoms with Crippen LogP contribution in [0.25, 0.3) is 0 Å².